The first-order valence-electron chi connectivity index (χ1n) is 11.5. The minimum Gasteiger partial charge on any atom is -0.326 e. The van der Waals surface area contributed by atoms with Gasteiger partial charge < -0.3 is 9.88 Å². The van der Waals surface area contributed by atoms with Gasteiger partial charge >= 0.3 is 0 Å². The lowest BCUT2D eigenvalue weighted by molar-refractivity contribution is -0.917. The molecule has 174 valence electrons. The smallest absolute Gasteiger partial charge is 0.260 e. The summed E-state index contributed by atoms with van der Waals surface area (Å²) in [7, 11) is -3.45. The number of nitrogens with zero attached hydrogens (tertiary/aromatic N) is 2. The third-order valence-electron chi connectivity index (χ3n) is 6.65. The Morgan fingerprint density at radius 2 is 2.00 bits per heavy atom. The molecule has 2 aromatic heterocycles. The van der Waals surface area contributed by atoms with Crippen LogP contribution in [0.4, 0.5) is 0 Å². The average molecular weight is 486 g/mol. The number of sulfonamides is 1. The maximum absolute atomic E-state index is 12.8. The molecule has 0 amide bonds. The number of fused-ring (bicyclic) bond motifs is 3. The Morgan fingerprint density at radius 1 is 1.24 bits per heavy atom. The van der Waals surface area contributed by atoms with Crippen molar-refractivity contribution >= 4 is 37.7 Å². The van der Waals surface area contributed by atoms with E-state index in [1.54, 1.807) is 17.4 Å². The number of hydrogen-bond donors (Lipinski definition) is 2. The summed E-state index contributed by atoms with van der Waals surface area (Å²) in [6.45, 7) is 5.12. The molecule has 0 unspecified atom stereocenters. The van der Waals surface area contributed by atoms with Crippen LogP contribution in [0.15, 0.2) is 40.5 Å². The molecule has 0 radical (unpaired) electrons. The third-order valence-corrected chi connectivity index (χ3v) is 9.37. The summed E-state index contributed by atoms with van der Waals surface area (Å²) in [6, 6.07) is 9.43. The van der Waals surface area contributed by atoms with E-state index in [1.807, 2.05) is 30.3 Å². The lowest BCUT2D eigenvalue weighted by Crippen LogP contribution is -3.13. The van der Waals surface area contributed by atoms with Crippen LogP contribution < -0.4 is 10.5 Å². The molecule has 3 heterocycles. The van der Waals surface area contributed by atoms with Crippen LogP contribution in [0.5, 0.6) is 0 Å². The van der Waals surface area contributed by atoms with Gasteiger partial charge in [0, 0.05) is 10.3 Å². The van der Waals surface area contributed by atoms with Crippen LogP contribution in [0.25, 0.3) is 16.3 Å². The molecule has 1 saturated heterocycles. The van der Waals surface area contributed by atoms with Gasteiger partial charge in [0.15, 0.2) is 5.82 Å². The SMILES string of the molecule is C[C@H]1CCc2c(sc3nc(C[NH+]4CCN(S(=O)(=O)/C=C/c5ccccc5)CC4)[nH]c(=O)c23)C1. The highest BCUT2D eigenvalue weighted by Crippen LogP contribution is 2.35. The Balaban J connectivity index is 1.25. The van der Waals surface area contributed by atoms with E-state index < -0.39 is 10.0 Å². The van der Waals surface area contributed by atoms with Crippen molar-refractivity contribution in [1.29, 1.82) is 0 Å². The summed E-state index contributed by atoms with van der Waals surface area (Å²) < 4.78 is 26.9. The monoisotopic (exact) mass is 485 g/mol. The van der Waals surface area contributed by atoms with E-state index >= 15 is 0 Å². The molecule has 2 aliphatic rings. The van der Waals surface area contributed by atoms with Crippen molar-refractivity contribution in [3.05, 3.63) is 67.9 Å². The zero-order chi connectivity index (χ0) is 23.0. The lowest BCUT2D eigenvalue weighted by atomic mass is 9.89. The second kappa shape index (κ2) is 9.13. The summed E-state index contributed by atoms with van der Waals surface area (Å²) >= 11 is 1.67. The van der Waals surface area contributed by atoms with E-state index in [-0.39, 0.29) is 5.56 Å². The van der Waals surface area contributed by atoms with Crippen molar-refractivity contribution < 1.29 is 13.3 Å². The number of quaternary nitrogens is 1. The molecule has 7 nitrogen and oxygen atoms in total. The van der Waals surface area contributed by atoms with Gasteiger partial charge in [-0.25, -0.2) is 13.4 Å². The minimum atomic E-state index is -3.45. The summed E-state index contributed by atoms with van der Waals surface area (Å²) in [4.78, 5) is 24.0. The van der Waals surface area contributed by atoms with Gasteiger partial charge in [0.05, 0.1) is 31.6 Å². The number of thiophene rings is 1. The molecule has 33 heavy (non-hydrogen) atoms. The fourth-order valence-corrected chi connectivity index (χ4v) is 7.36. The van der Waals surface area contributed by atoms with Crippen molar-refractivity contribution in [2.45, 2.75) is 32.7 Å². The van der Waals surface area contributed by atoms with Crippen molar-refractivity contribution in [1.82, 2.24) is 14.3 Å². The Morgan fingerprint density at radius 3 is 2.76 bits per heavy atom. The van der Waals surface area contributed by atoms with E-state index in [2.05, 4.69) is 11.9 Å². The van der Waals surface area contributed by atoms with Gasteiger partial charge in [0.2, 0.25) is 10.0 Å². The van der Waals surface area contributed by atoms with Gasteiger partial charge in [-0.2, -0.15) is 4.31 Å². The van der Waals surface area contributed by atoms with Gasteiger partial charge in [-0.3, -0.25) is 4.79 Å². The minimum absolute atomic E-state index is 0.0336. The second-order valence-electron chi connectivity index (χ2n) is 9.13. The van der Waals surface area contributed by atoms with Crippen LogP contribution >= 0.6 is 11.3 Å². The van der Waals surface area contributed by atoms with Gasteiger partial charge in [0.1, 0.15) is 11.4 Å². The quantitative estimate of drug-likeness (QED) is 0.577. The first kappa shape index (κ1) is 22.5. The van der Waals surface area contributed by atoms with E-state index in [0.29, 0.717) is 44.5 Å². The number of rotatable bonds is 5. The number of aryl methyl sites for hydroxylation is 1. The molecule has 9 heteroatoms. The molecule has 1 aliphatic carbocycles. The van der Waals surface area contributed by atoms with Gasteiger partial charge in [0.25, 0.3) is 5.56 Å². The van der Waals surface area contributed by atoms with E-state index in [0.717, 1.165) is 35.0 Å². The number of hydrogen-bond acceptors (Lipinski definition) is 5. The fraction of sp³-hybridized carbons (Fsp3) is 0.417. The molecule has 2 N–H and O–H groups in total. The Bertz CT molecular complexity index is 1340. The maximum atomic E-state index is 12.8. The standard InChI is InChI=1S/C24H28N4O3S2/c1-17-7-8-19-20(15-17)32-24-22(19)23(29)25-21(26-24)16-27-10-12-28(13-11-27)33(30,31)14-9-18-5-3-2-4-6-18/h2-6,9,14,17H,7-8,10-13,15-16H2,1H3,(H,25,26,29)/p+1/b14-9+/t17-/m0/s1. The molecule has 3 aromatic rings. The van der Waals surface area contributed by atoms with Gasteiger partial charge in [-0.1, -0.05) is 37.3 Å². The molecule has 1 fully saturated rings. The average Bonchev–Trinajstić information content (AvgIpc) is 3.16. The van der Waals surface area contributed by atoms with Crippen LogP contribution in [-0.2, 0) is 29.4 Å². The van der Waals surface area contributed by atoms with Crippen molar-refractivity contribution in [2.75, 3.05) is 26.2 Å². The molecule has 1 atom stereocenters. The highest BCUT2D eigenvalue weighted by atomic mass is 32.2. The zero-order valence-electron chi connectivity index (χ0n) is 18.7. The summed E-state index contributed by atoms with van der Waals surface area (Å²) in [5.41, 5.74) is 2.03. The molecule has 0 spiro atoms. The Kier molecular flexibility index (Phi) is 6.22. The summed E-state index contributed by atoms with van der Waals surface area (Å²) in [6.07, 6.45) is 4.75. The maximum Gasteiger partial charge on any atom is 0.260 e. The molecule has 1 aromatic carbocycles. The number of aromatic nitrogens is 2. The number of nitrogens with one attached hydrogen (secondary N) is 2. The van der Waals surface area contributed by atoms with E-state index in [9.17, 15) is 13.2 Å². The van der Waals surface area contributed by atoms with Gasteiger partial charge in [-0.05, 0) is 42.4 Å². The van der Waals surface area contributed by atoms with Crippen LogP contribution in [0, 0.1) is 5.92 Å². The Labute approximate surface area is 197 Å². The fourth-order valence-electron chi connectivity index (χ4n) is 4.76. The molecular formula is C24H29N4O3S2+. The van der Waals surface area contributed by atoms with Crippen LogP contribution in [0.3, 0.4) is 0 Å². The highest BCUT2D eigenvalue weighted by Gasteiger charge is 2.28. The van der Waals surface area contributed by atoms with E-state index in [4.69, 9.17) is 4.98 Å². The first-order chi connectivity index (χ1) is 15.9. The van der Waals surface area contributed by atoms with E-state index in [1.165, 1.54) is 25.1 Å². The zero-order valence-corrected chi connectivity index (χ0v) is 20.3. The number of benzene rings is 1. The van der Waals surface area contributed by atoms with Crippen LogP contribution in [0.1, 0.15) is 35.2 Å². The topological polar surface area (TPSA) is 87.6 Å². The van der Waals surface area contributed by atoms with Crippen molar-refractivity contribution in [3.8, 4) is 0 Å². The first-order valence-corrected chi connectivity index (χ1v) is 13.8. The summed E-state index contributed by atoms with van der Waals surface area (Å²) in [5.74, 6) is 1.35. The molecule has 0 saturated carbocycles. The van der Waals surface area contributed by atoms with Crippen molar-refractivity contribution in [3.63, 3.8) is 0 Å². The van der Waals surface area contributed by atoms with Gasteiger partial charge in [-0.15, -0.1) is 11.3 Å². The lowest BCUT2D eigenvalue weighted by Gasteiger charge is -2.30. The predicted molar refractivity (Wildman–Crippen MR) is 132 cm³/mol. The normalized spacial score (nSPS) is 20.5. The molecule has 1 aliphatic heterocycles. The highest BCUT2D eigenvalue weighted by molar-refractivity contribution is 7.92. The van der Waals surface area contributed by atoms with Crippen molar-refractivity contribution in [2.24, 2.45) is 5.92 Å². The summed E-state index contributed by atoms with van der Waals surface area (Å²) in [5, 5.41) is 2.07. The number of H-pyrrole nitrogens is 1. The number of aromatic amines is 1. The van der Waals surface area contributed by atoms with Crippen LogP contribution in [0.2, 0.25) is 0 Å². The number of piperazine rings is 1. The Hall–Kier alpha value is -2.33. The molecular weight excluding hydrogens is 456 g/mol. The van der Waals surface area contributed by atoms with Crippen LogP contribution in [-0.4, -0.2) is 48.9 Å². The third kappa shape index (κ3) is 4.82. The molecule has 0 bridgehead atoms. The second-order valence-corrected chi connectivity index (χ2v) is 12.0. The largest absolute Gasteiger partial charge is 0.326 e. The molecule has 5 rings (SSSR count). The predicted octanol–water partition coefficient (Wildman–Crippen LogP) is 1.81.